The van der Waals surface area contributed by atoms with Crippen molar-refractivity contribution >= 4 is 13.8 Å². The maximum absolute atomic E-state index is 11.6. The molecule has 0 fully saturated rings. The van der Waals surface area contributed by atoms with Gasteiger partial charge in [0.1, 0.15) is 18.8 Å². The number of rotatable bonds is 20. The fourth-order valence-electron chi connectivity index (χ4n) is 2.63. The number of aliphatic hydroxyl groups is 1. The van der Waals surface area contributed by atoms with E-state index >= 15 is 0 Å². The Morgan fingerprint density at radius 3 is 2.32 bits per heavy atom. The van der Waals surface area contributed by atoms with Crippen LogP contribution < -0.4 is 0 Å². The van der Waals surface area contributed by atoms with Crippen molar-refractivity contribution in [2.75, 3.05) is 13.2 Å². The molecule has 0 saturated carbocycles. The van der Waals surface area contributed by atoms with Crippen molar-refractivity contribution in [3.05, 3.63) is 24.3 Å². The van der Waals surface area contributed by atoms with Gasteiger partial charge in [-0.3, -0.25) is 14.6 Å². The number of carbonyl (C=O) groups is 1. The van der Waals surface area contributed by atoms with Crippen LogP contribution in [0.5, 0.6) is 0 Å². The lowest BCUT2D eigenvalue weighted by Gasteiger charge is -2.12. The minimum atomic E-state index is -4.64. The summed E-state index contributed by atoms with van der Waals surface area (Å²) in [5.74, 6) is -0.456. The summed E-state index contributed by atoms with van der Waals surface area (Å²) in [5, 5.41) is 18.3. The molecule has 31 heavy (non-hydrogen) atoms. The zero-order chi connectivity index (χ0) is 23.4. The maximum Gasteiger partial charge on any atom is 0.469 e. The Bertz CT molecular complexity index is 545. The highest BCUT2D eigenvalue weighted by molar-refractivity contribution is 7.46. The molecule has 0 radical (unpaired) electrons. The number of allylic oxidation sites excluding steroid dienone is 2. The average molecular weight is 467 g/mol. The Balaban J connectivity index is 3.61. The summed E-state index contributed by atoms with van der Waals surface area (Å²) in [6.45, 7) is 1.18. The number of hydrogen-bond donors (Lipinski definition) is 4. The number of unbranched alkanes of at least 4 members (excludes halogenated alkanes) is 7. The van der Waals surface area contributed by atoms with Gasteiger partial charge in [-0.25, -0.2) is 9.45 Å². The predicted octanol–water partition coefficient (Wildman–Crippen LogP) is 4.28. The van der Waals surface area contributed by atoms with Crippen LogP contribution in [0.2, 0.25) is 0 Å². The van der Waals surface area contributed by atoms with Gasteiger partial charge in [-0.05, 0) is 32.1 Å². The van der Waals surface area contributed by atoms with Gasteiger partial charge in [-0.2, -0.15) is 0 Å². The molecule has 4 N–H and O–H groups in total. The third-order valence-corrected chi connectivity index (χ3v) is 4.85. The maximum atomic E-state index is 11.6. The molecule has 2 atom stereocenters. The molecule has 9 nitrogen and oxygen atoms in total. The summed E-state index contributed by atoms with van der Waals surface area (Å²) in [4.78, 5) is 33.0. The van der Waals surface area contributed by atoms with Crippen molar-refractivity contribution in [1.29, 1.82) is 0 Å². The Morgan fingerprint density at radius 1 is 0.968 bits per heavy atom. The van der Waals surface area contributed by atoms with Crippen molar-refractivity contribution < 1.29 is 43.7 Å². The lowest BCUT2D eigenvalue weighted by Crippen LogP contribution is -2.23. The van der Waals surface area contributed by atoms with Gasteiger partial charge < -0.3 is 19.6 Å². The molecule has 182 valence electrons. The van der Waals surface area contributed by atoms with Crippen LogP contribution in [0.4, 0.5) is 0 Å². The summed E-state index contributed by atoms with van der Waals surface area (Å²) in [6.07, 6.45) is 16.2. The van der Waals surface area contributed by atoms with E-state index in [0.29, 0.717) is 12.8 Å². The van der Waals surface area contributed by atoms with Gasteiger partial charge in [0.2, 0.25) is 0 Å². The third kappa shape index (κ3) is 21.9. The lowest BCUT2D eigenvalue weighted by atomic mass is 10.1. The molecule has 0 aliphatic heterocycles. The Morgan fingerprint density at radius 2 is 1.65 bits per heavy atom. The highest BCUT2D eigenvalue weighted by atomic mass is 31.2. The average Bonchev–Trinajstić information content (AvgIpc) is 2.72. The van der Waals surface area contributed by atoms with E-state index in [2.05, 4.69) is 22.4 Å². The zero-order valence-corrected chi connectivity index (χ0v) is 19.3. The first-order valence-corrected chi connectivity index (χ1v) is 12.5. The molecule has 10 heteroatoms. The molecule has 0 aliphatic carbocycles. The van der Waals surface area contributed by atoms with Crippen molar-refractivity contribution in [3.8, 4) is 0 Å². The van der Waals surface area contributed by atoms with E-state index in [0.717, 1.165) is 51.4 Å². The first-order chi connectivity index (χ1) is 14.8. The monoisotopic (exact) mass is 466 g/mol. The molecule has 2 unspecified atom stereocenters. The van der Waals surface area contributed by atoms with Crippen LogP contribution in [0.15, 0.2) is 24.3 Å². The van der Waals surface area contributed by atoms with Crippen molar-refractivity contribution in [2.24, 2.45) is 0 Å². The number of phosphoric acid groups is 1. The molecule has 0 amide bonds. The number of phosphoric ester groups is 1. The second-order valence-electron chi connectivity index (χ2n) is 7.35. The van der Waals surface area contributed by atoms with Gasteiger partial charge in [0, 0.05) is 6.42 Å². The third-order valence-electron chi connectivity index (χ3n) is 4.37. The first kappa shape index (κ1) is 29.9. The summed E-state index contributed by atoms with van der Waals surface area (Å²) >= 11 is 0. The van der Waals surface area contributed by atoms with Crippen molar-refractivity contribution in [3.63, 3.8) is 0 Å². The van der Waals surface area contributed by atoms with Crippen LogP contribution in [0.25, 0.3) is 0 Å². The van der Waals surface area contributed by atoms with Crippen LogP contribution in [0, 0.1) is 0 Å². The molecular weight excluding hydrogens is 427 g/mol. The van der Waals surface area contributed by atoms with Gasteiger partial charge >= 0.3 is 13.8 Å². The predicted molar refractivity (Wildman–Crippen MR) is 117 cm³/mol. The molecule has 0 aromatic rings. The van der Waals surface area contributed by atoms with Crippen LogP contribution >= 0.6 is 7.82 Å². The normalized spacial score (nSPS) is 14.4. The molecule has 0 aliphatic rings. The molecular formula is C21H39O9P. The topological polar surface area (TPSA) is 143 Å². The molecule has 0 aromatic carbocycles. The number of esters is 1. The Kier molecular flexibility index (Phi) is 18.9. The van der Waals surface area contributed by atoms with Gasteiger partial charge in [0.15, 0.2) is 0 Å². The van der Waals surface area contributed by atoms with E-state index in [-0.39, 0.29) is 19.1 Å². The number of hydrogen-bond acceptors (Lipinski definition) is 7. The molecule has 0 spiro atoms. The Labute approximate surface area is 185 Å². The smallest absolute Gasteiger partial charge is 0.463 e. The van der Waals surface area contributed by atoms with Crippen LogP contribution in [0.3, 0.4) is 0 Å². The summed E-state index contributed by atoms with van der Waals surface area (Å²) in [7, 11) is -4.64. The van der Waals surface area contributed by atoms with E-state index in [1.807, 2.05) is 18.2 Å². The van der Waals surface area contributed by atoms with Crippen molar-refractivity contribution in [2.45, 2.75) is 89.8 Å². The second kappa shape index (κ2) is 19.6. The van der Waals surface area contributed by atoms with Gasteiger partial charge in [-0.15, -0.1) is 0 Å². The number of aliphatic hydroxyl groups excluding tert-OH is 1. The molecule has 0 heterocycles. The summed E-state index contributed by atoms with van der Waals surface area (Å²) in [5.41, 5.74) is 0. The van der Waals surface area contributed by atoms with Crippen molar-refractivity contribution in [1.82, 2.24) is 0 Å². The summed E-state index contributed by atoms with van der Waals surface area (Å²) < 4.78 is 19.5. The Hall–Kier alpha value is -1.06. The quantitative estimate of drug-likeness (QED) is 0.0516. The van der Waals surface area contributed by atoms with Gasteiger partial charge in [0.05, 0.1) is 6.61 Å². The van der Waals surface area contributed by atoms with Crippen LogP contribution in [-0.2, 0) is 23.5 Å². The van der Waals surface area contributed by atoms with Crippen LogP contribution in [-0.4, -0.2) is 51.5 Å². The number of ether oxygens (including phenoxy) is 1. The molecule has 0 bridgehead atoms. The highest BCUT2D eigenvalue weighted by Crippen LogP contribution is 2.35. The first-order valence-electron chi connectivity index (χ1n) is 10.9. The fourth-order valence-corrected chi connectivity index (χ4v) is 3.00. The van der Waals surface area contributed by atoms with Gasteiger partial charge in [0.25, 0.3) is 0 Å². The largest absolute Gasteiger partial charge is 0.469 e. The van der Waals surface area contributed by atoms with Crippen LogP contribution in [0.1, 0.15) is 77.6 Å². The van der Waals surface area contributed by atoms with E-state index < -0.39 is 26.5 Å². The fraction of sp³-hybridized carbons (Fsp3) is 0.762. The minimum absolute atomic E-state index is 0.236. The lowest BCUT2D eigenvalue weighted by molar-refractivity contribution is -0.264. The van der Waals surface area contributed by atoms with E-state index in [1.165, 1.54) is 0 Å². The summed E-state index contributed by atoms with van der Waals surface area (Å²) in [6, 6.07) is 0. The van der Waals surface area contributed by atoms with E-state index in [9.17, 15) is 14.5 Å². The number of carbonyl (C=O) groups excluding carboxylic acids is 1. The van der Waals surface area contributed by atoms with E-state index in [4.69, 9.17) is 19.8 Å². The van der Waals surface area contributed by atoms with E-state index in [1.54, 1.807) is 0 Å². The minimum Gasteiger partial charge on any atom is -0.463 e. The van der Waals surface area contributed by atoms with Gasteiger partial charge in [-0.1, -0.05) is 63.3 Å². The standard InChI is InChI=1S/C21H39O9P/c1-2-3-4-11-14-20(30-24)15-12-9-7-5-6-8-10-13-16-21(23)28-17-19(22)18-29-31(25,26)27/h9,11-12,14,19-20,22,24H,2-8,10,13,15-18H2,1H3,(H2,25,26,27)/b12-9-,14-11+. The highest BCUT2D eigenvalue weighted by Gasteiger charge is 2.17. The second-order valence-corrected chi connectivity index (χ2v) is 8.59. The zero-order valence-electron chi connectivity index (χ0n) is 18.4. The molecule has 0 aromatic heterocycles. The molecule has 0 rings (SSSR count). The SMILES string of the molecule is CCCC/C=C/C(C/C=C\CCCCCCCC(=O)OCC(O)COP(=O)(O)O)OO. The molecule has 0 saturated heterocycles.